The second kappa shape index (κ2) is 9.40. The van der Waals surface area contributed by atoms with Gasteiger partial charge in [0.25, 0.3) is 0 Å². The van der Waals surface area contributed by atoms with Crippen LogP contribution in [0.1, 0.15) is 18.1 Å². The molecule has 0 unspecified atom stereocenters. The van der Waals surface area contributed by atoms with E-state index < -0.39 is 0 Å². The fourth-order valence-corrected chi connectivity index (χ4v) is 2.72. The molecular weight excluding hydrogens is 326 g/mol. The van der Waals surface area contributed by atoms with Crippen LogP contribution in [0.15, 0.2) is 36.4 Å². The lowest BCUT2D eigenvalue weighted by Crippen LogP contribution is -2.17. The van der Waals surface area contributed by atoms with Gasteiger partial charge in [-0.05, 0) is 43.1 Å². The van der Waals surface area contributed by atoms with E-state index >= 15 is 0 Å². The number of methoxy groups -OCH3 is 2. The lowest BCUT2D eigenvalue weighted by Gasteiger charge is -2.14. The van der Waals surface area contributed by atoms with E-state index in [1.807, 2.05) is 31.2 Å². The molecular formula is C19H24ClNO3. The van der Waals surface area contributed by atoms with Crippen molar-refractivity contribution in [2.24, 2.45) is 0 Å². The summed E-state index contributed by atoms with van der Waals surface area (Å²) in [7, 11) is 3.32. The third kappa shape index (κ3) is 4.79. The predicted octanol–water partition coefficient (Wildman–Crippen LogP) is 4.09. The molecule has 130 valence electrons. The van der Waals surface area contributed by atoms with Crippen molar-refractivity contribution >= 4 is 11.6 Å². The Bertz CT molecular complexity index is 661. The molecule has 0 amide bonds. The van der Waals surface area contributed by atoms with Crippen LogP contribution in [-0.2, 0) is 13.0 Å². The molecule has 1 N–H and O–H groups in total. The van der Waals surface area contributed by atoms with E-state index in [0.29, 0.717) is 29.7 Å². The highest BCUT2D eigenvalue weighted by atomic mass is 35.5. The third-order valence-corrected chi connectivity index (χ3v) is 4.06. The van der Waals surface area contributed by atoms with Gasteiger partial charge in [0.15, 0.2) is 11.5 Å². The van der Waals surface area contributed by atoms with E-state index in [0.717, 1.165) is 24.3 Å². The first-order chi connectivity index (χ1) is 11.7. The zero-order valence-corrected chi connectivity index (χ0v) is 15.2. The Balaban J connectivity index is 1.94. The molecule has 0 bridgehead atoms. The summed E-state index contributed by atoms with van der Waals surface area (Å²) in [6.07, 6.45) is 0.885. The van der Waals surface area contributed by atoms with Gasteiger partial charge < -0.3 is 19.5 Å². The molecule has 2 aromatic carbocycles. The molecule has 0 saturated heterocycles. The largest absolute Gasteiger partial charge is 0.496 e. The number of ether oxygens (including phenoxy) is 3. The Morgan fingerprint density at radius 1 is 0.958 bits per heavy atom. The fraction of sp³-hybridized carbons (Fsp3) is 0.368. The Hall–Kier alpha value is -1.91. The molecule has 0 saturated carbocycles. The van der Waals surface area contributed by atoms with Crippen LogP contribution in [-0.4, -0.2) is 27.4 Å². The van der Waals surface area contributed by atoms with Crippen LogP contribution in [0.3, 0.4) is 0 Å². The first-order valence-corrected chi connectivity index (χ1v) is 8.39. The first kappa shape index (κ1) is 18.4. The molecule has 0 fully saturated rings. The van der Waals surface area contributed by atoms with Crippen molar-refractivity contribution in [2.75, 3.05) is 27.4 Å². The first-order valence-electron chi connectivity index (χ1n) is 8.01. The summed E-state index contributed by atoms with van der Waals surface area (Å²) in [5.41, 5.74) is 2.17. The van der Waals surface area contributed by atoms with E-state index in [9.17, 15) is 0 Å². The number of nitrogens with one attached hydrogen (secondary N) is 1. The quantitative estimate of drug-likeness (QED) is 0.692. The normalized spacial score (nSPS) is 10.5. The monoisotopic (exact) mass is 349 g/mol. The van der Waals surface area contributed by atoms with Gasteiger partial charge in [-0.25, -0.2) is 0 Å². The number of hydrogen-bond acceptors (Lipinski definition) is 4. The SMILES string of the molecule is CCOc1cc(Cl)c(CNCCc2ccccc2OC)cc1OC. The minimum absolute atomic E-state index is 0.573. The smallest absolute Gasteiger partial charge is 0.162 e. The van der Waals surface area contributed by atoms with Crippen LogP contribution in [0, 0.1) is 0 Å². The van der Waals surface area contributed by atoms with E-state index in [4.69, 9.17) is 25.8 Å². The summed E-state index contributed by atoms with van der Waals surface area (Å²) in [4.78, 5) is 0. The maximum absolute atomic E-state index is 6.34. The minimum atomic E-state index is 0.573. The molecule has 24 heavy (non-hydrogen) atoms. The lowest BCUT2D eigenvalue weighted by atomic mass is 10.1. The minimum Gasteiger partial charge on any atom is -0.496 e. The summed E-state index contributed by atoms with van der Waals surface area (Å²) in [6, 6.07) is 11.8. The summed E-state index contributed by atoms with van der Waals surface area (Å²) in [5, 5.41) is 4.08. The Labute approximate surface area is 148 Å². The highest BCUT2D eigenvalue weighted by Crippen LogP contribution is 2.33. The molecule has 5 heteroatoms. The second-order valence-electron chi connectivity index (χ2n) is 5.27. The standard InChI is InChI=1S/C19H24ClNO3/c1-4-24-19-12-16(20)15(11-18(19)23-3)13-21-10-9-14-7-5-6-8-17(14)22-2/h5-8,11-12,21H,4,9-10,13H2,1-3H3. The topological polar surface area (TPSA) is 39.7 Å². The van der Waals surface area contributed by atoms with E-state index in [1.54, 1.807) is 20.3 Å². The van der Waals surface area contributed by atoms with Crippen molar-refractivity contribution in [3.8, 4) is 17.2 Å². The number of halogens is 1. The molecule has 0 aromatic heterocycles. The van der Waals surface area contributed by atoms with Crippen LogP contribution in [0.2, 0.25) is 5.02 Å². The highest BCUT2D eigenvalue weighted by molar-refractivity contribution is 6.31. The molecule has 0 atom stereocenters. The second-order valence-corrected chi connectivity index (χ2v) is 5.67. The third-order valence-electron chi connectivity index (χ3n) is 3.71. The summed E-state index contributed by atoms with van der Waals surface area (Å²) in [6.45, 7) is 3.99. The molecule has 0 heterocycles. The Morgan fingerprint density at radius 2 is 1.71 bits per heavy atom. The molecule has 0 aliphatic carbocycles. The van der Waals surface area contributed by atoms with Crippen molar-refractivity contribution in [3.63, 3.8) is 0 Å². The number of hydrogen-bond donors (Lipinski definition) is 1. The van der Waals surface area contributed by atoms with E-state index in [2.05, 4.69) is 11.4 Å². The van der Waals surface area contributed by atoms with Crippen molar-refractivity contribution in [1.82, 2.24) is 5.32 Å². The van der Waals surface area contributed by atoms with Crippen LogP contribution in [0.5, 0.6) is 17.2 Å². The molecule has 0 radical (unpaired) electrons. The van der Waals surface area contributed by atoms with Crippen LogP contribution in [0.4, 0.5) is 0 Å². The van der Waals surface area contributed by atoms with Crippen molar-refractivity contribution in [1.29, 1.82) is 0 Å². The number of benzene rings is 2. The summed E-state index contributed by atoms with van der Waals surface area (Å²) < 4.78 is 16.3. The maximum Gasteiger partial charge on any atom is 0.162 e. The lowest BCUT2D eigenvalue weighted by molar-refractivity contribution is 0.310. The zero-order valence-electron chi connectivity index (χ0n) is 14.4. The van der Waals surface area contributed by atoms with Crippen molar-refractivity contribution in [2.45, 2.75) is 19.9 Å². The summed E-state index contributed by atoms with van der Waals surface area (Å²) >= 11 is 6.34. The zero-order chi connectivity index (χ0) is 17.4. The van der Waals surface area contributed by atoms with Gasteiger partial charge in [-0.3, -0.25) is 0 Å². The molecule has 0 aliphatic rings. The molecule has 0 aliphatic heterocycles. The Kier molecular flexibility index (Phi) is 7.22. The van der Waals surface area contributed by atoms with Crippen LogP contribution >= 0.6 is 11.6 Å². The van der Waals surface area contributed by atoms with Crippen molar-refractivity contribution in [3.05, 3.63) is 52.5 Å². The van der Waals surface area contributed by atoms with Crippen LogP contribution in [0.25, 0.3) is 0 Å². The average molecular weight is 350 g/mol. The molecule has 2 rings (SSSR count). The van der Waals surface area contributed by atoms with Crippen molar-refractivity contribution < 1.29 is 14.2 Å². The van der Waals surface area contributed by atoms with Gasteiger partial charge in [-0.15, -0.1) is 0 Å². The van der Waals surface area contributed by atoms with E-state index in [1.165, 1.54) is 5.56 Å². The molecule has 4 nitrogen and oxygen atoms in total. The maximum atomic E-state index is 6.34. The van der Waals surface area contributed by atoms with Gasteiger partial charge >= 0.3 is 0 Å². The highest BCUT2D eigenvalue weighted by Gasteiger charge is 2.10. The van der Waals surface area contributed by atoms with E-state index in [-0.39, 0.29) is 0 Å². The number of para-hydroxylation sites is 1. The molecule has 2 aromatic rings. The van der Waals surface area contributed by atoms with Crippen LogP contribution < -0.4 is 19.5 Å². The fourth-order valence-electron chi connectivity index (χ4n) is 2.50. The Morgan fingerprint density at radius 3 is 2.42 bits per heavy atom. The summed E-state index contributed by atoms with van der Waals surface area (Å²) in [5.74, 6) is 2.28. The number of rotatable bonds is 9. The van der Waals surface area contributed by atoms with Gasteiger partial charge in [0.05, 0.1) is 20.8 Å². The predicted molar refractivity (Wildman–Crippen MR) is 97.6 cm³/mol. The van der Waals surface area contributed by atoms with Gasteiger partial charge in [0.2, 0.25) is 0 Å². The molecule has 0 spiro atoms. The van der Waals surface area contributed by atoms with Gasteiger partial charge in [0, 0.05) is 17.6 Å². The van der Waals surface area contributed by atoms with Gasteiger partial charge in [0.1, 0.15) is 5.75 Å². The van der Waals surface area contributed by atoms with Gasteiger partial charge in [-0.2, -0.15) is 0 Å². The average Bonchev–Trinajstić information content (AvgIpc) is 2.60. The van der Waals surface area contributed by atoms with Gasteiger partial charge in [-0.1, -0.05) is 29.8 Å².